The molecule has 15 rings (SSSR count). The highest BCUT2D eigenvalue weighted by Gasteiger charge is 2.52. The lowest BCUT2D eigenvalue weighted by Crippen LogP contribution is -2.49. The number of anilines is 1. The number of nitrogens with zero attached hydrogens (tertiary/aromatic N) is 5. The Hall–Kier alpha value is -9.68. The maximum atomic E-state index is 13.4. The average molecular weight is 1430 g/mol. The zero-order valence-electron chi connectivity index (χ0n) is 56.1. The number of fused-ring (bicyclic) bond motifs is 2. The van der Waals surface area contributed by atoms with E-state index in [4.69, 9.17) is 40.5 Å². The van der Waals surface area contributed by atoms with Gasteiger partial charge in [0, 0.05) is 89.0 Å². The zero-order valence-corrected chi connectivity index (χ0v) is 58.5. The van der Waals surface area contributed by atoms with Crippen LogP contribution in [0.1, 0.15) is 102 Å². The highest BCUT2D eigenvalue weighted by atomic mass is 35.5. The molecule has 9 aromatic rings. The molecule has 0 unspecified atom stereocenters. The number of carbonyl (C=O) groups excluding carboxylic acids is 4. The van der Waals surface area contributed by atoms with Crippen molar-refractivity contribution in [1.82, 2.24) is 28.9 Å². The van der Waals surface area contributed by atoms with Crippen molar-refractivity contribution in [3.63, 3.8) is 0 Å². The molecule has 3 aromatic heterocycles. The number of aromatic nitrogens is 3. The first-order chi connectivity index (χ1) is 48.7. The minimum atomic E-state index is -3.66. The third-order valence-corrected chi connectivity index (χ3v) is 23.6. The number of hydrogen-bond donors (Lipinski definition) is 3. The largest absolute Gasteiger partial charge is 0.454 e. The van der Waals surface area contributed by atoms with Gasteiger partial charge in [-0.25, -0.2) is 26.5 Å². The van der Waals surface area contributed by atoms with E-state index in [-0.39, 0.29) is 77.2 Å². The second kappa shape index (κ2) is 29.1. The number of ketones is 2. The van der Waals surface area contributed by atoms with Crippen molar-refractivity contribution in [2.24, 2.45) is 0 Å². The van der Waals surface area contributed by atoms with Crippen LogP contribution in [0.2, 0.25) is 5.02 Å². The summed E-state index contributed by atoms with van der Waals surface area (Å²) in [5.41, 5.74) is 9.34. The van der Waals surface area contributed by atoms with E-state index in [1.807, 2.05) is 134 Å². The van der Waals surface area contributed by atoms with Crippen molar-refractivity contribution in [1.29, 1.82) is 0 Å². The molecule has 6 heterocycles. The number of Topliss-reactive ketones (excluding diaryl/α,β-unsaturated/α-hetero) is 2. The van der Waals surface area contributed by atoms with Gasteiger partial charge in [-0.3, -0.25) is 29.1 Å². The topological polar surface area (TPSA) is 263 Å². The monoisotopic (exact) mass is 1420 g/mol. The second-order valence-corrected chi connectivity index (χ2v) is 30.4. The first kappa shape index (κ1) is 69.8. The Morgan fingerprint density at radius 2 is 1.07 bits per heavy atom. The van der Waals surface area contributed by atoms with Gasteiger partial charge in [-0.15, -0.1) is 0 Å². The first-order valence-electron chi connectivity index (χ1n) is 33.6. The van der Waals surface area contributed by atoms with Gasteiger partial charge < -0.3 is 34.3 Å². The second-order valence-electron chi connectivity index (χ2n) is 26.1. The number of aliphatic hydroxyl groups excluding tert-OH is 1. The molecule has 0 bridgehead atoms. The van der Waals surface area contributed by atoms with Gasteiger partial charge in [0.05, 0.1) is 44.0 Å². The maximum Gasteiger partial charge on any atom is 0.243 e. The molecule has 0 spiro atoms. The van der Waals surface area contributed by atoms with Crippen LogP contribution in [0.4, 0.5) is 5.82 Å². The molecule has 6 aliphatic rings. The fourth-order valence-electron chi connectivity index (χ4n) is 13.8. The minimum Gasteiger partial charge on any atom is -0.454 e. The normalized spacial score (nSPS) is 16.6. The van der Waals surface area contributed by atoms with Gasteiger partial charge in [0.2, 0.25) is 45.4 Å². The molecule has 2 amide bonds. The Balaban J connectivity index is 0.000000167. The molecular weight excluding hydrogens is 1340 g/mol. The number of benzene rings is 6. The molecule has 23 heteroatoms. The Morgan fingerprint density at radius 3 is 1.61 bits per heavy atom. The van der Waals surface area contributed by atoms with Crippen LogP contribution in [-0.4, -0.2) is 116 Å². The van der Waals surface area contributed by atoms with Crippen molar-refractivity contribution in [2.45, 2.75) is 111 Å². The molecule has 3 saturated carbocycles. The number of halogens is 1. The van der Waals surface area contributed by atoms with Gasteiger partial charge in [0.25, 0.3) is 0 Å². The summed E-state index contributed by atoms with van der Waals surface area (Å²) in [6.07, 6.45) is 7.35. The van der Waals surface area contributed by atoms with E-state index < -0.39 is 36.3 Å². The van der Waals surface area contributed by atoms with E-state index in [9.17, 15) is 41.1 Å². The smallest absolute Gasteiger partial charge is 0.243 e. The van der Waals surface area contributed by atoms with Crippen molar-refractivity contribution in [2.75, 3.05) is 52.1 Å². The van der Waals surface area contributed by atoms with Crippen LogP contribution in [0.25, 0.3) is 33.6 Å². The summed E-state index contributed by atoms with van der Waals surface area (Å²) in [5.74, 6) is 3.48. The van der Waals surface area contributed by atoms with Crippen molar-refractivity contribution >= 4 is 60.8 Å². The lowest BCUT2D eigenvalue weighted by atomic mass is 9.78. The Kier molecular flexibility index (Phi) is 20.1. The maximum absolute atomic E-state index is 13.4. The number of aliphatic hydroxyl groups is 1. The lowest BCUT2D eigenvalue weighted by molar-refractivity contribution is -0.130. The summed E-state index contributed by atoms with van der Waals surface area (Å²) < 4.78 is 75.6. The fraction of sp³-hybridized carbons (Fsp3) is 0.295. The molecule has 3 aliphatic carbocycles. The van der Waals surface area contributed by atoms with E-state index >= 15 is 0 Å². The van der Waals surface area contributed by atoms with E-state index in [2.05, 4.69) is 15.0 Å². The average Bonchev–Trinajstić information content (AvgIpc) is 1.59. The van der Waals surface area contributed by atoms with Crippen molar-refractivity contribution < 1.29 is 64.3 Å². The van der Waals surface area contributed by atoms with Gasteiger partial charge in [0.1, 0.15) is 17.4 Å². The van der Waals surface area contributed by atoms with E-state index in [1.54, 1.807) is 47.4 Å². The predicted molar refractivity (Wildman–Crippen MR) is 388 cm³/mol. The molecule has 4 fully saturated rings. The zero-order chi connectivity index (χ0) is 70.7. The molecule has 1 saturated heterocycles. The summed E-state index contributed by atoms with van der Waals surface area (Å²) in [5, 5.41) is 13.3. The van der Waals surface area contributed by atoms with Crippen LogP contribution in [0.15, 0.2) is 192 Å². The highest BCUT2D eigenvalue weighted by Crippen LogP contribution is 2.53. The van der Waals surface area contributed by atoms with Crippen LogP contribution < -0.4 is 29.0 Å². The van der Waals surface area contributed by atoms with Crippen molar-refractivity contribution in [3.05, 3.63) is 226 Å². The molecule has 3 aliphatic heterocycles. The number of ether oxygens (including phenoxy) is 4. The molecule has 20 nitrogen and oxygen atoms in total. The highest BCUT2D eigenvalue weighted by molar-refractivity contribution is 7.89. The SMILES string of the molecule is CC(=O)N1CCN(S(=O)(=O)c2ccc(-c3cccc(CC(=O)C4(c5ccc6c(c5)OCO6)CC4)n3)cc2)CC1.CNS(=O)(=O)c1ccc(-c2cccc(NC(=O)C3(c4ccc(Cl)cc4)CCCC3)n2)cc1.Cc1nc(CC(=O)C2(c3ccc4c(c3)OCO4)CC2)ccc1-c1ccccc1CO.[HH].[HH].[HH]. The number of amides is 2. The number of aryl methyl sites for hydroxylation is 1. The number of sulfonamides is 2. The summed E-state index contributed by atoms with van der Waals surface area (Å²) in [6, 6.07) is 54.8. The Labute approximate surface area is 596 Å². The van der Waals surface area contributed by atoms with E-state index in [1.165, 1.54) is 30.4 Å². The lowest BCUT2D eigenvalue weighted by Gasteiger charge is -2.33. The number of nitrogens with one attached hydrogen (secondary N) is 2. The third kappa shape index (κ3) is 14.8. The van der Waals surface area contributed by atoms with Crippen LogP contribution in [0.3, 0.4) is 0 Å². The quantitative estimate of drug-likeness (QED) is 0.0679. The molecule has 526 valence electrons. The minimum absolute atomic E-state index is 0. The van der Waals surface area contributed by atoms with Crippen LogP contribution >= 0.6 is 11.6 Å². The molecule has 0 atom stereocenters. The van der Waals surface area contributed by atoms with Gasteiger partial charge in [-0.05, 0) is 171 Å². The van der Waals surface area contributed by atoms with Crippen LogP contribution in [0, 0.1) is 6.92 Å². The standard InChI is InChI=1S/C29H29N3O6S.C25H23NO4.C24H24ClN3O3S.3H2/c1-20(33)31-13-15-32(16-14-31)39(35,36)24-8-5-21(6-9-24)25-4-2-3-23(30-25)18-28(34)29(11-12-29)22-7-10-26-27(17-22)38-19-37-26;1-16-20(21-5-3-2-4-17(21)14-27)8-7-19(26-16)13-24(28)25(10-11-25)18-6-9-22-23(12-18)30-15-29-22;1-26-32(30,31)20-13-7-17(8-14-20)21-5-4-6-22(27-21)28-23(29)24(15-2-3-16-24)18-9-11-19(25)12-10-18;;;/h2-10,17H,11-16,18-19H2,1H3;2-9,12,27H,10-11,13-15H2,1H3;4-14,26H,2-3,15-16H2,1H3,(H,27,28,29);3*1H. The molecule has 0 radical (unpaired) electrons. The van der Waals surface area contributed by atoms with E-state index in [0.29, 0.717) is 64.7 Å². The summed E-state index contributed by atoms with van der Waals surface area (Å²) in [6.45, 7) is 5.16. The molecule has 6 aromatic carbocycles. The summed E-state index contributed by atoms with van der Waals surface area (Å²) in [4.78, 5) is 67.6. The number of piperazine rings is 1. The number of rotatable bonds is 19. The Bertz CT molecular complexity index is 4880. The van der Waals surface area contributed by atoms with E-state index in [0.717, 1.165) is 113 Å². The van der Waals surface area contributed by atoms with Gasteiger partial charge in [0.15, 0.2) is 23.0 Å². The third-order valence-electron chi connectivity index (χ3n) is 20.0. The number of carbonyl (C=O) groups is 4. The first-order valence-corrected chi connectivity index (χ1v) is 36.9. The molecule has 3 N–H and O–H groups in total. The number of hydrogen-bond acceptors (Lipinski definition) is 16. The van der Waals surface area contributed by atoms with Crippen LogP contribution in [0.5, 0.6) is 23.0 Å². The Morgan fingerprint density at radius 1 is 0.545 bits per heavy atom. The van der Waals surface area contributed by atoms with Crippen LogP contribution in [-0.2, 0) is 74.9 Å². The van der Waals surface area contributed by atoms with Gasteiger partial charge >= 0.3 is 0 Å². The van der Waals surface area contributed by atoms with Crippen molar-refractivity contribution in [3.8, 4) is 56.6 Å². The van der Waals surface area contributed by atoms with Gasteiger partial charge in [-0.2, -0.15) is 4.31 Å². The fourth-order valence-corrected chi connectivity index (χ4v) is 16.1. The van der Waals surface area contributed by atoms with Gasteiger partial charge in [-0.1, -0.05) is 115 Å². The predicted octanol–water partition coefficient (Wildman–Crippen LogP) is 12.8. The molecular formula is C78H82ClN7O13S2. The number of pyridine rings is 3. The molecule has 101 heavy (non-hydrogen) atoms. The summed E-state index contributed by atoms with van der Waals surface area (Å²) >= 11 is 6.04. The summed E-state index contributed by atoms with van der Waals surface area (Å²) in [7, 11) is -5.79.